The summed E-state index contributed by atoms with van der Waals surface area (Å²) < 4.78 is 11.8. The van der Waals surface area contributed by atoms with E-state index in [0.29, 0.717) is 34.6 Å². The summed E-state index contributed by atoms with van der Waals surface area (Å²) in [5.41, 5.74) is 0.669. The lowest BCUT2D eigenvalue weighted by Gasteiger charge is -2.29. The minimum atomic E-state index is -0.386. The van der Waals surface area contributed by atoms with Crippen molar-refractivity contribution >= 4 is 23.2 Å². The highest BCUT2D eigenvalue weighted by atomic mass is 35.5. The Morgan fingerprint density at radius 2 is 1.75 bits per heavy atom. The summed E-state index contributed by atoms with van der Waals surface area (Å²) in [5, 5.41) is 17.7. The molecule has 0 saturated carbocycles. The highest BCUT2D eigenvalue weighted by Crippen LogP contribution is 2.26. The smallest absolute Gasteiger partial charge is 0.238 e. The minimum Gasteiger partial charge on any atom is -0.490 e. The molecule has 0 aliphatic heterocycles. The van der Waals surface area contributed by atoms with Crippen molar-refractivity contribution in [3.05, 3.63) is 89.7 Å². The summed E-state index contributed by atoms with van der Waals surface area (Å²) in [7, 11) is 0. The minimum absolute atomic E-state index is 0.118. The van der Waals surface area contributed by atoms with Crippen LogP contribution in [0.15, 0.2) is 78.9 Å². The third-order valence-corrected chi connectivity index (χ3v) is 5.64. The van der Waals surface area contributed by atoms with Crippen molar-refractivity contribution < 1.29 is 14.3 Å². The number of nitrogens with one attached hydrogen (secondary N) is 2. The Bertz CT molecular complexity index is 1220. The molecule has 1 aromatic heterocycles. The molecule has 36 heavy (non-hydrogen) atoms. The molecule has 1 unspecified atom stereocenters. The largest absolute Gasteiger partial charge is 0.490 e. The SMILES string of the molecule is CCCN(CC(=O)Nc1ccc(Oc2ccccc2)cc1)C(COc1ccccc1Cl)c1nnn[nH]1. The van der Waals surface area contributed by atoms with Gasteiger partial charge in [0.15, 0.2) is 5.82 Å². The Morgan fingerprint density at radius 1 is 1.03 bits per heavy atom. The first-order valence-electron chi connectivity index (χ1n) is 11.6. The Kier molecular flexibility index (Phi) is 8.85. The molecule has 0 fully saturated rings. The van der Waals surface area contributed by atoms with Crippen LogP contribution in [-0.2, 0) is 4.79 Å². The number of amides is 1. The van der Waals surface area contributed by atoms with Gasteiger partial charge in [-0.2, -0.15) is 0 Å². The van der Waals surface area contributed by atoms with Crippen LogP contribution in [0, 0.1) is 0 Å². The zero-order valence-corrected chi connectivity index (χ0v) is 20.6. The standard InChI is InChI=1S/C26H27ClN6O3/c1-2-16-33(23(26-29-31-32-30-26)18-35-24-11-7-6-10-22(24)27)17-25(34)28-19-12-14-21(15-13-19)36-20-8-4-3-5-9-20/h3-15,23H,2,16-18H2,1H3,(H,28,34)(H,29,30,31,32). The molecule has 9 nitrogen and oxygen atoms in total. The summed E-state index contributed by atoms with van der Waals surface area (Å²) in [6, 6.07) is 23.6. The number of ether oxygens (including phenoxy) is 2. The van der Waals surface area contributed by atoms with Crippen LogP contribution < -0.4 is 14.8 Å². The van der Waals surface area contributed by atoms with Crippen molar-refractivity contribution in [3.8, 4) is 17.2 Å². The average Bonchev–Trinajstić information content (AvgIpc) is 3.42. The van der Waals surface area contributed by atoms with Crippen LogP contribution in [-0.4, -0.2) is 51.1 Å². The lowest BCUT2D eigenvalue weighted by Crippen LogP contribution is -2.39. The molecule has 4 rings (SSSR count). The van der Waals surface area contributed by atoms with Gasteiger partial charge >= 0.3 is 0 Å². The van der Waals surface area contributed by atoms with Crippen molar-refractivity contribution in [2.75, 3.05) is 25.0 Å². The number of hydrogen-bond acceptors (Lipinski definition) is 7. The highest BCUT2D eigenvalue weighted by molar-refractivity contribution is 6.32. The van der Waals surface area contributed by atoms with Gasteiger partial charge in [-0.25, -0.2) is 5.10 Å². The topological polar surface area (TPSA) is 105 Å². The number of tetrazole rings is 1. The summed E-state index contributed by atoms with van der Waals surface area (Å²) in [6.45, 7) is 3.00. The molecule has 0 radical (unpaired) electrons. The van der Waals surface area contributed by atoms with E-state index in [2.05, 4.69) is 25.9 Å². The highest BCUT2D eigenvalue weighted by Gasteiger charge is 2.26. The maximum absolute atomic E-state index is 13.0. The van der Waals surface area contributed by atoms with E-state index in [0.717, 1.165) is 12.2 Å². The number of carbonyl (C=O) groups excluding carboxylic acids is 1. The third kappa shape index (κ3) is 7.03. The summed E-state index contributed by atoms with van der Waals surface area (Å²) >= 11 is 6.24. The van der Waals surface area contributed by atoms with Gasteiger partial charge < -0.3 is 14.8 Å². The van der Waals surface area contributed by atoms with Gasteiger partial charge in [0.05, 0.1) is 11.6 Å². The predicted molar refractivity (Wildman–Crippen MR) is 137 cm³/mol. The Labute approximate surface area is 214 Å². The molecule has 3 aromatic carbocycles. The number of aromatic nitrogens is 4. The molecule has 1 heterocycles. The van der Waals surface area contributed by atoms with Crippen LogP contribution in [0.3, 0.4) is 0 Å². The molecule has 0 aliphatic carbocycles. The summed E-state index contributed by atoms with van der Waals surface area (Å²) in [6.07, 6.45) is 0.822. The van der Waals surface area contributed by atoms with E-state index >= 15 is 0 Å². The second-order valence-electron chi connectivity index (χ2n) is 8.00. The molecule has 4 aromatic rings. The van der Waals surface area contributed by atoms with Gasteiger partial charge in [0.25, 0.3) is 0 Å². The Balaban J connectivity index is 1.41. The van der Waals surface area contributed by atoms with E-state index in [1.165, 1.54) is 0 Å². The number of aromatic amines is 1. The van der Waals surface area contributed by atoms with Gasteiger partial charge in [-0.1, -0.05) is 48.9 Å². The number of H-pyrrole nitrogens is 1. The van der Waals surface area contributed by atoms with Crippen molar-refractivity contribution in [2.24, 2.45) is 0 Å². The molecule has 0 saturated heterocycles. The first kappa shape index (κ1) is 25.2. The van der Waals surface area contributed by atoms with Crippen molar-refractivity contribution in [1.82, 2.24) is 25.5 Å². The summed E-state index contributed by atoms with van der Waals surface area (Å²) in [4.78, 5) is 14.9. The van der Waals surface area contributed by atoms with E-state index in [4.69, 9.17) is 21.1 Å². The van der Waals surface area contributed by atoms with Crippen LogP contribution >= 0.6 is 11.6 Å². The number of nitrogens with zero attached hydrogens (tertiary/aromatic N) is 4. The first-order chi connectivity index (χ1) is 17.6. The molecule has 10 heteroatoms. The van der Waals surface area contributed by atoms with Crippen molar-refractivity contribution in [3.63, 3.8) is 0 Å². The molecule has 0 bridgehead atoms. The lowest BCUT2D eigenvalue weighted by atomic mass is 10.2. The molecule has 186 valence electrons. The number of benzene rings is 3. The van der Waals surface area contributed by atoms with Crippen LogP contribution in [0.1, 0.15) is 25.2 Å². The van der Waals surface area contributed by atoms with E-state index in [1.807, 2.05) is 66.4 Å². The van der Waals surface area contributed by atoms with Gasteiger partial charge in [-0.3, -0.25) is 9.69 Å². The monoisotopic (exact) mass is 506 g/mol. The fraction of sp³-hybridized carbons (Fsp3) is 0.231. The second kappa shape index (κ2) is 12.7. The molecule has 1 amide bonds. The van der Waals surface area contributed by atoms with Crippen LogP contribution in [0.25, 0.3) is 0 Å². The van der Waals surface area contributed by atoms with Crippen molar-refractivity contribution in [1.29, 1.82) is 0 Å². The van der Waals surface area contributed by atoms with Crippen molar-refractivity contribution in [2.45, 2.75) is 19.4 Å². The number of hydrogen-bond donors (Lipinski definition) is 2. The van der Waals surface area contributed by atoms with Gasteiger partial charge in [0, 0.05) is 5.69 Å². The van der Waals surface area contributed by atoms with Gasteiger partial charge in [-0.15, -0.1) is 5.10 Å². The number of para-hydroxylation sites is 2. The average molecular weight is 507 g/mol. The van der Waals surface area contributed by atoms with Crippen LogP contribution in [0.2, 0.25) is 5.02 Å². The first-order valence-corrected chi connectivity index (χ1v) is 12.0. The molecular formula is C26H27ClN6O3. The maximum Gasteiger partial charge on any atom is 0.238 e. The lowest BCUT2D eigenvalue weighted by molar-refractivity contribution is -0.118. The fourth-order valence-corrected chi connectivity index (χ4v) is 3.83. The van der Waals surface area contributed by atoms with Crippen LogP contribution in [0.4, 0.5) is 5.69 Å². The van der Waals surface area contributed by atoms with Crippen LogP contribution in [0.5, 0.6) is 17.2 Å². The maximum atomic E-state index is 13.0. The predicted octanol–water partition coefficient (Wildman–Crippen LogP) is 5.12. The van der Waals surface area contributed by atoms with Gasteiger partial charge in [0.2, 0.25) is 5.91 Å². The van der Waals surface area contributed by atoms with E-state index in [9.17, 15) is 4.79 Å². The zero-order valence-electron chi connectivity index (χ0n) is 19.8. The van der Waals surface area contributed by atoms with Gasteiger partial charge in [-0.05, 0) is 71.9 Å². The third-order valence-electron chi connectivity index (χ3n) is 5.33. The molecule has 1 atom stereocenters. The fourth-order valence-electron chi connectivity index (χ4n) is 3.64. The van der Waals surface area contributed by atoms with E-state index in [1.54, 1.807) is 24.3 Å². The molecule has 2 N–H and O–H groups in total. The van der Waals surface area contributed by atoms with E-state index in [-0.39, 0.29) is 25.1 Å². The number of carbonyl (C=O) groups is 1. The number of halogens is 1. The quantitative estimate of drug-likeness (QED) is 0.275. The normalized spacial score (nSPS) is 11.8. The second-order valence-corrected chi connectivity index (χ2v) is 8.41. The van der Waals surface area contributed by atoms with Gasteiger partial charge in [0.1, 0.15) is 29.9 Å². The Hall–Kier alpha value is -3.95. The molecule has 0 aliphatic rings. The summed E-state index contributed by atoms with van der Waals surface area (Å²) in [5.74, 6) is 2.31. The Morgan fingerprint density at radius 3 is 2.44 bits per heavy atom. The number of rotatable bonds is 12. The zero-order chi connectivity index (χ0) is 25.2. The number of anilines is 1. The molecule has 0 spiro atoms. The molecular weight excluding hydrogens is 480 g/mol. The van der Waals surface area contributed by atoms with E-state index < -0.39 is 0 Å².